The Morgan fingerprint density at radius 3 is 2.73 bits per heavy atom. The molecule has 2 aromatic heterocycles. The summed E-state index contributed by atoms with van der Waals surface area (Å²) in [6.07, 6.45) is 0. The maximum Gasteiger partial charge on any atom is 0.264 e. The molecule has 1 aliphatic heterocycles. The molecule has 0 bridgehead atoms. The number of amides is 1. The third-order valence-electron chi connectivity index (χ3n) is 5.72. The van der Waals surface area contributed by atoms with Crippen molar-refractivity contribution in [2.24, 2.45) is 0 Å². The summed E-state index contributed by atoms with van der Waals surface area (Å²) in [7, 11) is 2.10. The first kappa shape index (κ1) is 19.1. The second kappa shape index (κ2) is 7.74. The number of nitrogens with zero attached hydrogens (tertiary/aromatic N) is 3. The highest BCUT2D eigenvalue weighted by molar-refractivity contribution is 7.20. The molecule has 3 heterocycles. The van der Waals surface area contributed by atoms with Crippen molar-refractivity contribution in [1.82, 2.24) is 19.8 Å². The van der Waals surface area contributed by atoms with Gasteiger partial charge in [0.05, 0.1) is 22.0 Å². The molecular weight excluding hydrogens is 394 g/mol. The van der Waals surface area contributed by atoms with E-state index < -0.39 is 0 Å². The highest BCUT2D eigenvalue weighted by atomic mass is 32.1. The van der Waals surface area contributed by atoms with Crippen LogP contribution in [-0.4, -0.2) is 58.9 Å². The normalized spacial score (nSPS) is 16.3. The van der Waals surface area contributed by atoms with Gasteiger partial charge in [-0.05, 0) is 55.8 Å². The molecule has 1 atom stereocenters. The molecule has 7 heteroatoms. The van der Waals surface area contributed by atoms with E-state index >= 15 is 0 Å². The van der Waals surface area contributed by atoms with Crippen molar-refractivity contribution >= 4 is 44.1 Å². The number of nitrogens with one attached hydrogen (secondary N) is 2. The molecule has 154 valence electrons. The third kappa shape index (κ3) is 3.66. The number of hydrogen-bond acceptors (Lipinski definition) is 5. The Morgan fingerprint density at radius 2 is 1.93 bits per heavy atom. The van der Waals surface area contributed by atoms with Crippen LogP contribution < -0.4 is 5.32 Å². The maximum atomic E-state index is 12.9. The van der Waals surface area contributed by atoms with Crippen molar-refractivity contribution in [3.05, 3.63) is 59.2 Å². The fraction of sp³-hybridized carbons (Fsp3) is 0.304. The summed E-state index contributed by atoms with van der Waals surface area (Å²) < 4.78 is 1.13. The number of anilines is 1. The molecule has 0 aliphatic carbocycles. The monoisotopic (exact) mass is 419 g/mol. The maximum absolute atomic E-state index is 12.9. The number of H-pyrrole nitrogens is 1. The number of aromatic nitrogens is 2. The van der Waals surface area contributed by atoms with Crippen molar-refractivity contribution in [2.45, 2.75) is 13.0 Å². The molecule has 4 aromatic rings. The van der Waals surface area contributed by atoms with Crippen LogP contribution in [0.3, 0.4) is 0 Å². The third-order valence-corrected chi connectivity index (χ3v) is 6.82. The minimum atomic E-state index is 0.0416. The van der Waals surface area contributed by atoms with Crippen molar-refractivity contribution in [3.63, 3.8) is 0 Å². The van der Waals surface area contributed by atoms with E-state index in [1.807, 2.05) is 35.2 Å². The number of rotatable bonds is 4. The number of likely N-dealkylation sites (N-methyl/N-ethyl adjacent to an activating group) is 1. The first-order valence-electron chi connectivity index (χ1n) is 10.3. The summed E-state index contributed by atoms with van der Waals surface area (Å²) in [5.74, 6) is 1.06. The lowest BCUT2D eigenvalue weighted by molar-refractivity contribution is 0.0669. The van der Waals surface area contributed by atoms with E-state index in [0.29, 0.717) is 0 Å². The molecule has 1 saturated heterocycles. The number of para-hydroxylation sites is 2. The van der Waals surface area contributed by atoms with Gasteiger partial charge in [-0.1, -0.05) is 12.1 Å². The molecule has 2 aromatic carbocycles. The van der Waals surface area contributed by atoms with Gasteiger partial charge in [0.1, 0.15) is 5.82 Å². The lowest BCUT2D eigenvalue weighted by atomic mass is 10.2. The van der Waals surface area contributed by atoms with Crippen LogP contribution >= 0.6 is 11.3 Å². The van der Waals surface area contributed by atoms with Gasteiger partial charge in [-0.2, -0.15) is 0 Å². The highest BCUT2D eigenvalue weighted by Crippen LogP contribution is 2.30. The zero-order valence-electron chi connectivity index (χ0n) is 17.2. The summed E-state index contributed by atoms with van der Waals surface area (Å²) >= 11 is 1.58. The Hall–Kier alpha value is -2.90. The van der Waals surface area contributed by atoms with E-state index in [9.17, 15) is 4.79 Å². The predicted molar refractivity (Wildman–Crippen MR) is 123 cm³/mol. The van der Waals surface area contributed by atoms with E-state index in [0.717, 1.165) is 63.7 Å². The van der Waals surface area contributed by atoms with Gasteiger partial charge in [-0.25, -0.2) is 4.98 Å². The first-order chi connectivity index (χ1) is 14.6. The van der Waals surface area contributed by atoms with Crippen molar-refractivity contribution in [2.75, 3.05) is 38.5 Å². The molecule has 1 aliphatic rings. The van der Waals surface area contributed by atoms with Crippen LogP contribution in [0.2, 0.25) is 0 Å². The van der Waals surface area contributed by atoms with Gasteiger partial charge in [0, 0.05) is 36.6 Å². The Balaban J connectivity index is 1.34. The van der Waals surface area contributed by atoms with Gasteiger partial charge in [0.15, 0.2) is 0 Å². The fourth-order valence-electron chi connectivity index (χ4n) is 3.90. The number of aromatic amines is 1. The molecule has 6 nitrogen and oxygen atoms in total. The summed E-state index contributed by atoms with van der Waals surface area (Å²) in [5.41, 5.74) is 3.04. The molecule has 1 unspecified atom stereocenters. The second-order valence-corrected chi connectivity index (χ2v) is 9.05. The van der Waals surface area contributed by atoms with Crippen LogP contribution in [0.4, 0.5) is 5.69 Å². The van der Waals surface area contributed by atoms with Crippen molar-refractivity contribution < 1.29 is 4.79 Å². The number of piperazine rings is 1. The second-order valence-electron chi connectivity index (χ2n) is 7.96. The number of fused-ring (bicyclic) bond motifs is 2. The van der Waals surface area contributed by atoms with E-state index in [4.69, 9.17) is 0 Å². The molecule has 2 N–H and O–H groups in total. The number of benzene rings is 2. The van der Waals surface area contributed by atoms with E-state index in [1.165, 1.54) is 0 Å². The lowest BCUT2D eigenvalue weighted by Gasteiger charge is -2.32. The number of carbonyl (C=O) groups is 1. The Morgan fingerprint density at radius 1 is 1.13 bits per heavy atom. The van der Waals surface area contributed by atoms with Gasteiger partial charge < -0.3 is 20.1 Å². The Kier molecular flexibility index (Phi) is 4.92. The van der Waals surface area contributed by atoms with Crippen molar-refractivity contribution in [1.29, 1.82) is 0 Å². The molecular formula is C23H25N5OS. The number of carbonyl (C=O) groups excluding carboxylic acids is 1. The largest absolute Gasteiger partial charge is 0.375 e. The van der Waals surface area contributed by atoms with Gasteiger partial charge in [0.2, 0.25) is 0 Å². The number of thiophene rings is 1. The first-order valence-corrected chi connectivity index (χ1v) is 11.1. The average Bonchev–Trinajstić information content (AvgIpc) is 3.37. The lowest BCUT2D eigenvalue weighted by Crippen LogP contribution is -2.46. The molecule has 0 spiro atoms. The van der Waals surface area contributed by atoms with E-state index in [1.54, 1.807) is 11.3 Å². The minimum absolute atomic E-state index is 0.0416. The molecule has 0 radical (unpaired) electrons. The van der Waals surface area contributed by atoms with Gasteiger partial charge in [0.25, 0.3) is 5.91 Å². The molecule has 30 heavy (non-hydrogen) atoms. The molecule has 5 rings (SSSR count). The van der Waals surface area contributed by atoms with Gasteiger partial charge in [-0.3, -0.25) is 4.79 Å². The van der Waals surface area contributed by atoms with E-state index in [-0.39, 0.29) is 11.9 Å². The standard InChI is InChI=1S/C23H25N5OS/c1-15(22-25-18-5-3-4-6-19(18)26-22)24-17-7-8-20-16(13-17)14-21(30-20)23(29)28-11-9-27(2)10-12-28/h3-8,13-15,24H,9-12H2,1-2H3,(H,25,26). The summed E-state index contributed by atoms with van der Waals surface area (Å²) in [6.45, 7) is 5.56. The van der Waals surface area contributed by atoms with Crippen molar-refractivity contribution in [3.8, 4) is 0 Å². The number of imidazole rings is 1. The van der Waals surface area contributed by atoms with Crippen LogP contribution in [0.5, 0.6) is 0 Å². The minimum Gasteiger partial charge on any atom is -0.375 e. The highest BCUT2D eigenvalue weighted by Gasteiger charge is 2.22. The Labute approximate surface area is 179 Å². The molecule has 1 fully saturated rings. The average molecular weight is 420 g/mol. The van der Waals surface area contributed by atoms with Crippen LogP contribution in [0.1, 0.15) is 28.5 Å². The van der Waals surface area contributed by atoms with E-state index in [2.05, 4.69) is 52.4 Å². The van der Waals surface area contributed by atoms with Crippen LogP contribution in [0.25, 0.3) is 21.1 Å². The van der Waals surface area contributed by atoms with Gasteiger partial charge >= 0.3 is 0 Å². The van der Waals surface area contributed by atoms with Crippen LogP contribution in [0.15, 0.2) is 48.5 Å². The predicted octanol–water partition coefficient (Wildman–Crippen LogP) is 4.34. The summed E-state index contributed by atoms with van der Waals surface area (Å²) in [4.78, 5) is 26.0. The zero-order valence-corrected chi connectivity index (χ0v) is 18.0. The quantitative estimate of drug-likeness (QED) is 0.517. The summed E-state index contributed by atoms with van der Waals surface area (Å²) in [5, 5.41) is 4.62. The number of hydrogen-bond donors (Lipinski definition) is 2. The molecule has 0 saturated carbocycles. The fourth-order valence-corrected chi connectivity index (χ4v) is 4.91. The van der Waals surface area contributed by atoms with Crippen LogP contribution in [-0.2, 0) is 0 Å². The topological polar surface area (TPSA) is 64.3 Å². The SMILES string of the molecule is CC(Nc1ccc2sc(C(=O)N3CCN(C)CC3)cc2c1)c1nc2ccccc2[nH]1. The van der Waals surface area contributed by atoms with Gasteiger partial charge in [-0.15, -0.1) is 11.3 Å². The summed E-state index contributed by atoms with van der Waals surface area (Å²) in [6, 6.07) is 16.4. The zero-order chi connectivity index (χ0) is 20.7. The Bertz CT molecular complexity index is 1170. The molecule has 1 amide bonds. The van der Waals surface area contributed by atoms with Crippen LogP contribution in [0, 0.1) is 0 Å². The smallest absolute Gasteiger partial charge is 0.264 e.